The van der Waals surface area contributed by atoms with Gasteiger partial charge in [-0.15, -0.1) is 0 Å². The minimum Gasteiger partial charge on any atom is -0.307 e. The summed E-state index contributed by atoms with van der Waals surface area (Å²) in [7, 11) is 0. The SMILES string of the molecule is CCCC1CC(NCC(F)F)CN(C2CC(C)C2)C1. The molecule has 19 heavy (non-hydrogen) atoms. The lowest BCUT2D eigenvalue weighted by Gasteiger charge is -2.47. The van der Waals surface area contributed by atoms with E-state index in [0.717, 1.165) is 18.9 Å². The van der Waals surface area contributed by atoms with Crippen molar-refractivity contribution in [1.82, 2.24) is 10.2 Å². The molecule has 112 valence electrons. The van der Waals surface area contributed by atoms with E-state index in [-0.39, 0.29) is 12.6 Å². The molecule has 1 saturated carbocycles. The van der Waals surface area contributed by atoms with Crippen molar-refractivity contribution in [3.63, 3.8) is 0 Å². The second kappa shape index (κ2) is 6.98. The van der Waals surface area contributed by atoms with E-state index in [9.17, 15) is 8.78 Å². The minimum atomic E-state index is -2.23. The lowest BCUT2D eigenvalue weighted by Crippen LogP contribution is -2.56. The molecule has 0 aromatic heterocycles. The summed E-state index contributed by atoms with van der Waals surface area (Å²) in [5.41, 5.74) is 0. The summed E-state index contributed by atoms with van der Waals surface area (Å²) >= 11 is 0. The van der Waals surface area contributed by atoms with Crippen LogP contribution in [0.15, 0.2) is 0 Å². The van der Waals surface area contributed by atoms with Crippen LogP contribution in [0.3, 0.4) is 0 Å². The van der Waals surface area contributed by atoms with Gasteiger partial charge in [-0.25, -0.2) is 8.78 Å². The zero-order chi connectivity index (χ0) is 13.8. The van der Waals surface area contributed by atoms with Crippen molar-refractivity contribution in [1.29, 1.82) is 0 Å². The zero-order valence-electron chi connectivity index (χ0n) is 12.2. The number of nitrogens with one attached hydrogen (secondary N) is 1. The molecule has 1 heterocycles. The summed E-state index contributed by atoms with van der Waals surface area (Å²) < 4.78 is 24.7. The van der Waals surface area contributed by atoms with E-state index >= 15 is 0 Å². The molecule has 0 amide bonds. The van der Waals surface area contributed by atoms with Crippen LogP contribution in [0, 0.1) is 11.8 Å². The monoisotopic (exact) mass is 274 g/mol. The molecule has 2 nitrogen and oxygen atoms in total. The van der Waals surface area contributed by atoms with Gasteiger partial charge in [-0.05, 0) is 37.5 Å². The maximum Gasteiger partial charge on any atom is 0.250 e. The van der Waals surface area contributed by atoms with Gasteiger partial charge in [0.15, 0.2) is 0 Å². The van der Waals surface area contributed by atoms with E-state index < -0.39 is 6.43 Å². The molecule has 0 bridgehead atoms. The Bertz CT molecular complexity index is 267. The van der Waals surface area contributed by atoms with Crippen molar-refractivity contribution in [2.75, 3.05) is 19.6 Å². The summed E-state index contributed by atoms with van der Waals surface area (Å²) in [5.74, 6) is 1.54. The van der Waals surface area contributed by atoms with Crippen molar-refractivity contribution < 1.29 is 8.78 Å². The Morgan fingerprint density at radius 1 is 1.21 bits per heavy atom. The average Bonchev–Trinajstić information content (AvgIpc) is 2.33. The Labute approximate surface area is 115 Å². The minimum absolute atomic E-state index is 0.154. The van der Waals surface area contributed by atoms with Gasteiger partial charge in [0, 0.05) is 25.2 Å². The van der Waals surface area contributed by atoms with Gasteiger partial charge in [0.05, 0.1) is 6.54 Å². The van der Waals surface area contributed by atoms with Gasteiger partial charge in [0.2, 0.25) is 0 Å². The lowest BCUT2D eigenvalue weighted by molar-refractivity contribution is 0.0280. The summed E-state index contributed by atoms with van der Waals surface area (Å²) in [6.07, 6.45) is 3.84. The van der Waals surface area contributed by atoms with Gasteiger partial charge in [0.25, 0.3) is 6.43 Å². The second-order valence-corrected chi connectivity index (χ2v) is 6.57. The number of alkyl halides is 2. The fourth-order valence-electron chi connectivity index (χ4n) is 3.72. The standard InChI is InChI=1S/C15H28F2N2/c1-3-4-12-7-13(18-8-15(16)17)10-19(9-12)14-5-11(2)6-14/h11-15,18H,3-10H2,1-2H3. The van der Waals surface area contributed by atoms with Gasteiger partial charge in [-0.3, -0.25) is 4.90 Å². The molecule has 1 aliphatic heterocycles. The summed E-state index contributed by atoms with van der Waals surface area (Å²) in [4.78, 5) is 2.56. The first-order chi connectivity index (χ1) is 9.08. The smallest absolute Gasteiger partial charge is 0.250 e. The Morgan fingerprint density at radius 3 is 2.53 bits per heavy atom. The van der Waals surface area contributed by atoms with Crippen molar-refractivity contribution in [3.05, 3.63) is 0 Å². The second-order valence-electron chi connectivity index (χ2n) is 6.57. The number of hydrogen-bond acceptors (Lipinski definition) is 2. The number of hydrogen-bond donors (Lipinski definition) is 1. The van der Waals surface area contributed by atoms with Gasteiger partial charge < -0.3 is 5.32 Å². The van der Waals surface area contributed by atoms with Gasteiger partial charge in [-0.1, -0.05) is 20.3 Å². The quantitative estimate of drug-likeness (QED) is 0.800. The van der Waals surface area contributed by atoms with Crippen LogP contribution in [0.1, 0.15) is 46.0 Å². The molecule has 1 saturated heterocycles. The predicted molar refractivity (Wildman–Crippen MR) is 74.6 cm³/mol. The molecule has 0 radical (unpaired) electrons. The highest BCUT2D eigenvalue weighted by Crippen LogP contribution is 2.34. The summed E-state index contributed by atoms with van der Waals surface area (Å²) in [5, 5.41) is 3.06. The van der Waals surface area contributed by atoms with Crippen LogP contribution in [0.2, 0.25) is 0 Å². The summed E-state index contributed by atoms with van der Waals surface area (Å²) in [6.45, 7) is 6.50. The number of piperidine rings is 1. The first kappa shape index (κ1) is 15.2. The largest absolute Gasteiger partial charge is 0.307 e. The van der Waals surface area contributed by atoms with Crippen molar-refractivity contribution in [2.24, 2.45) is 11.8 Å². The van der Waals surface area contributed by atoms with Gasteiger partial charge in [0.1, 0.15) is 0 Å². The van der Waals surface area contributed by atoms with Crippen molar-refractivity contribution >= 4 is 0 Å². The van der Waals surface area contributed by atoms with E-state index in [0.29, 0.717) is 12.0 Å². The first-order valence-electron chi connectivity index (χ1n) is 7.84. The molecule has 2 aliphatic rings. The molecule has 0 spiro atoms. The lowest BCUT2D eigenvalue weighted by atomic mass is 9.78. The number of halogens is 2. The first-order valence-corrected chi connectivity index (χ1v) is 7.84. The van der Waals surface area contributed by atoms with Crippen molar-refractivity contribution in [2.45, 2.75) is 64.5 Å². The normalized spacial score (nSPS) is 36.5. The average molecular weight is 274 g/mol. The van der Waals surface area contributed by atoms with Crippen LogP contribution in [0.4, 0.5) is 8.78 Å². The highest BCUT2D eigenvalue weighted by Gasteiger charge is 2.36. The third kappa shape index (κ3) is 4.38. The Balaban J connectivity index is 1.85. The molecule has 0 aromatic rings. The molecule has 2 rings (SSSR count). The maximum atomic E-state index is 12.3. The van der Waals surface area contributed by atoms with Crippen LogP contribution < -0.4 is 5.32 Å². The van der Waals surface area contributed by atoms with Crippen LogP contribution in [0.25, 0.3) is 0 Å². The molecular weight excluding hydrogens is 246 g/mol. The predicted octanol–water partition coefficient (Wildman–Crippen LogP) is 3.13. The van der Waals surface area contributed by atoms with Gasteiger partial charge >= 0.3 is 0 Å². The molecule has 1 aliphatic carbocycles. The molecule has 2 fully saturated rings. The van der Waals surface area contributed by atoms with E-state index in [1.807, 2.05) is 0 Å². The van der Waals surface area contributed by atoms with Crippen LogP contribution >= 0.6 is 0 Å². The zero-order valence-corrected chi connectivity index (χ0v) is 12.2. The van der Waals surface area contributed by atoms with Crippen molar-refractivity contribution in [3.8, 4) is 0 Å². The number of nitrogens with zero attached hydrogens (tertiary/aromatic N) is 1. The maximum absolute atomic E-state index is 12.3. The van der Waals surface area contributed by atoms with Gasteiger partial charge in [-0.2, -0.15) is 0 Å². The van der Waals surface area contributed by atoms with Crippen LogP contribution in [-0.2, 0) is 0 Å². The Hall–Kier alpha value is -0.220. The highest BCUT2D eigenvalue weighted by atomic mass is 19.3. The molecule has 1 N–H and O–H groups in total. The fourth-order valence-corrected chi connectivity index (χ4v) is 3.72. The highest BCUT2D eigenvalue weighted by molar-refractivity contribution is 4.92. The number of likely N-dealkylation sites (tertiary alicyclic amines) is 1. The molecule has 4 heteroatoms. The third-order valence-corrected chi connectivity index (χ3v) is 4.69. The van der Waals surface area contributed by atoms with E-state index in [2.05, 4.69) is 24.1 Å². The van der Waals surface area contributed by atoms with E-state index in [4.69, 9.17) is 0 Å². The third-order valence-electron chi connectivity index (χ3n) is 4.69. The molecule has 2 unspecified atom stereocenters. The van der Waals surface area contributed by atoms with Crippen LogP contribution in [0.5, 0.6) is 0 Å². The van der Waals surface area contributed by atoms with E-state index in [1.54, 1.807) is 0 Å². The summed E-state index contributed by atoms with van der Waals surface area (Å²) in [6, 6.07) is 0.973. The molecule has 2 atom stereocenters. The van der Waals surface area contributed by atoms with E-state index in [1.165, 1.54) is 32.2 Å². The molecular formula is C15H28F2N2. The Morgan fingerprint density at radius 2 is 1.95 bits per heavy atom. The fraction of sp³-hybridized carbons (Fsp3) is 1.00. The Kier molecular flexibility index (Phi) is 5.58. The molecule has 0 aromatic carbocycles. The topological polar surface area (TPSA) is 15.3 Å². The number of rotatable bonds is 6. The van der Waals surface area contributed by atoms with Crippen LogP contribution in [-0.4, -0.2) is 43.0 Å².